The molecule has 1 saturated carbocycles. The molecule has 1 aliphatic heterocycles. The molecule has 0 unspecified atom stereocenters. The Bertz CT molecular complexity index is 1260. The molecule has 5 rings (SSSR count). The van der Waals surface area contributed by atoms with E-state index in [1.807, 2.05) is 24.3 Å². The first kappa shape index (κ1) is 26.5. The van der Waals surface area contributed by atoms with Gasteiger partial charge in [0.2, 0.25) is 5.91 Å². The molecule has 0 bridgehead atoms. The molecule has 1 aliphatic carbocycles. The number of hydrogen-bond acceptors (Lipinski definition) is 7. The summed E-state index contributed by atoms with van der Waals surface area (Å²) in [7, 11) is 1.31. The number of nitrogens with one attached hydrogen (secondary N) is 1. The number of nitrogens with zero attached hydrogens (tertiary/aromatic N) is 2. The number of carbonyl (C=O) groups is 3. The van der Waals surface area contributed by atoms with E-state index in [-0.39, 0.29) is 17.7 Å². The zero-order chi connectivity index (χ0) is 27.2. The van der Waals surface area contributed by atoms with Crippen molar-refractivity contribution in [3.05, 3.63) is 83.8 Å². The van der Waals surface area contributed by atoms with Crippen LogP contribution in [0.1, 0.15) is 58.2 Å². The fourth-order valence-corrected chi connectivity index (χ4v) is 5.24. The first-order valence-corrected chi connectivity index (χ1v) is 13.3. The summed E-state index contributed by atoms with van der Waals surface area (Å²) >= 11 is 0. The van der Waals surface area contributed by atoms with Gasteiger partial charge in [-0.05, 0) is 66.9 Å². The van der Waals surface area contributed by atoms with Crippen LogP contribution >= 0.6 is 0 Å². The summed E-state index contributed by atoms with van der Waals surface area (Å²) in [6.45, 7) is 2.92. The van der Waals surface area contributed by atoms with Crippen LogP contribution in [0.4, 0.5) is 11.4 Å². The number of anilines is 2. The lowest BCUT2D eigenvalue weighted by Crippen LogP contribution is -2.46. The molecule has 2 heterocycles. The first-order chi connectivity index (χ1) is 19.0. The maximum atomic E-state index is 14.0. The van der Waals surface area contributed by atoms with E-state index >= 15 is 0 Å². The Balaban J connectivity index is 1.55. The van der Waals surface area contributed by atoms with Gasteiger partial charge in [-0.25, -0.2) is 4.79 Å². The van der Waals surface area contributed by atoms with Crippen LogP contribution in [0.25, 0.3) is 0 Å². The Kier molecular flexibility index (Phi) is 8.27. The molecule has 204 valence electrons. The van der Waals surface area contributed by atoms with Crippen molar-refractivity contribution in [3.63, 3.8) is 0 Å². The second-order valence-corrected chi connectivity index (χ2v) is 9.77. The molecule has 39 heavy (non-hydrogen) atoms. The highest BCUT2D eigenvalue weighted by Gasteiger charge is 2.36. The minimum atomic E-state index is -0.967. The Hall–Kier alpha value is -4.11. The molecule has 2 aliphatic rings. The van der Waals surface area contributed by atoms with Crippen molar-refractivity contribution in [2.75, 3.05) is 43.2 Å². The van der Waals surface area contributed by atoms with Crippen molar-refractivity contribution in [2.45, 2.75) is 37.8 Å². The third-order valence-corrected chi connectivity index (χ3v) is 7.31. The SMILES string of the molecule is COC(=O)c1ccc(N(C(=O)c2ccco2)[C@@H](C(=O)NC2CCCC2)c2ccc(N3CCOCC3)cc2)cc1. The van der Waals surface area contributed by atoms with E-state index in [9.17, 15) is 14.4 Å². The summed E-state index contributed by atoms with van der Waals surface area (Å²) in [6, 6.07) is 16.5. The lowest BCUT2D eigenvalue weighted by atomic mass is 10.0. The average molecular weight is 532 g/mol. The zero-order valence-corrected chi connectivity index (χ0v) is 22.0. The summed E-state index contributed by atoms with van der Waals surface area (Å²) in [5, 5.41) is 3.18. The largest absolute Gasteiger partial charge is 0.465 e. The molecule has 3 aromatic rings. The fraction of sp³-hybridized carbons (Fsp3) is 0.367. The number of amides is 2. The van der Waals surface area contributed by atoms with Crippen LogP contribution in [-0.2, 0) is 14.3 Å². The number of esters is 1. The fourth-order valence-electron chi connectivity index (χ4n) is 5.24. The van der Waals surface area contributed by atoms with Gasteiger partial charge in [0.15, 0.2) is 5.76 Å². The van der Waals surface area contributed by atoms with Gasteiger partial charge in [-0.1, -0.05) is 25.0 Å². The van der Waals surface area contributed by atoms with Crippen molar-refractivity contribution >= 4 is 29.2 Å². The van der Waals surface area contributed by atoms with Crippen LogP contribution in [-0.4, -0.2) is 57.2 Å². The normalized spacial score (nSPS) is 16.5. The van der Waals surface area contributed by atoms with Gasteiger partial charge < -0.3 is 24.1 Å². The first-order valence-electron chi connectivity index (χ1n) is 13.3. The van der Waals surface area contributed by atoms with Crippen LogP contribution in [0.15, 0.2) is 71.3 Å². The van der Waals surface area contributed by atoms with Gasteiger partial charge in [0.1, 0.15) is 6.04 Å². The minimum Gasteiger partial charge on any atom is -0.465 e. The zero-order valence-electron chi connectivity index (χ0n) is 22.0. The van der Waals surface area contributed by atoms with Crippen LogP contribution in [0.2, 0.25) is 0 Å². The van der Waals surface area contributed by atoms with E-state index in [0.717, 1.165) is 44.5 Å². The minimum absolute atomic E-state index is 0.0647. The summed E-state index contributed by atoms with van der Waals surface area (Å²) < 4.78 is 15.8. The number of furan rings is 1. The van der Waals surface area contributed by atoms with Gasteiger partial charge in [0.05, 0.1) is 32.2 Å². The van der Waals surface area contributed by atoms with Gasteiger partial charge in [-0.15, -0.1) is 0 Å². The predicted octanol–water partition coefficient (Wildman–Crippen LogP) is 4.35. The summed E-state index contributed by atoms with van der Waals surface area (Å²) in [5.41, 5.74) is 2.49. The Labute approximate surface area is 227 Å². The van der Waals surface area contributed by atoms with Crippen LogP contribution in [0, 0.1) is 0 Å². The van der Waals surface area contributed by atoms with Gasteiger partial charge in [0.25, 0.3) is 5.91 Å². The summed E-state index contributed by atoms with van der Waals surface area (Å²) in [4.78, 5) is 43.6. The highest BCUT2D eigenvalue weighted by atomic mass is 16.5. The van der Waals surface area contributed by atoms with E-state index in [4.69, 9.17) is 13.9 Å². The number of ether oxygens (including phenoxy) is 2. The molecule has 1 saturated heterocycles. The molecule has 2 amide bonds. The summed E-state index contributed by atoms with van der Waals surface area (Å²) in [6.07, 6.45) is 5.38. The monoisotopic (exact) mass is 531 g/mol. The topological polar surface area (TPSA) is 101 Å². The van der Waals surface area contributed by atoms with Crippen molar-refractivity contribution in [3.8, 4) is 0 Å². The van der Waals surface area contributed by atoms with Crippen molar-refractivity contribution < 1.29 is 28.3 Å². The number of rotatable bonds is 8. The van der Waals surface area contributed by atoms with E-state index in [0.29, 0.717) is 30.0 Å². The molecule has 0 radical (unpaired) electrons. The van der Waals surface area contributed by atoms with Gasteiger partial charge in [-0.3, -0.25) is 14.5 Å². The molecular formula is C30H33N3O6. The molecule has 9 heteroatoms. The van der Waals surface area contributed by atoms with Crippen LogP contribution in [0.3, 0.4) is 0 Å². The molecule has 0 spiro atoms. The van der Waals surface area contributed by atoms with E-state index in [2.05, 4.69) is 10.2 Å². The molecule has 2 aromatic carbocycles. The van der Waals surface area contributed by atoms with Crippen molar-refractivity contribution in [1.29, 1.82) is 0 Å². The Morgan fingerprint density at radius 2 is 1.67 bits per heavy atom. The highest BCUT2D eigenvalue weighted by Crippen LogP contribution is 2.32. The second kappa shape index (κ2) is 12.2. The number of benzene rings is 2. The molecular weight excluding hydrogens is 498 g/mol. The Morgan fingerprint density at radius 1 is 0.974 bits per heavy atom. The third-order valence-electron chi connectivity index (χ3n) is 7.31. The van der Waals surface area contributed by atoms with Gasteiger partial charge in [0, 0.05) is 30.5 Å². The quantitative estimate of drug-likeness (QED) is 0.431. The van der Waals surface area contributed by atoms with Crippen molar-refractivity contribution in [2.24, 2.45) is 0 Å². The molecule has 2 fully saturated rings. The molecule has 1 atom stereocenters. The Morgan fingerprint density at radius 3 is 2.28 bits per heavy atom. The maximum Gasteiger partial charge on any atom is 0.337 e. The highest BCUT2D eigenvalue weighted by molar-refractivity contribution is 6.09. The van der Waals surface area contributed by atoms with Crippen LogP contribution < -0.4 is 15.1 Å². The number of carbonyl (C=O) groups excluding carboxylic acids is 3. The van der Waals surface area contributed by atoms with Gasteiger partial charge >= 0.3 is 5.97 Å². The number of morpholine rings is 1. The number of hydrogen-bond donors (Lipinski definition) is 1. The van der Waals surface area contributed by atoms with E-state index < -0.39 is 17.9 Å². The molecule has 9 nitrogen and oxygen atoms in total. The number of methoxy groups -OCH3 is 1. The average Bonchev–Trinajstić information content (AvgIpc) is 3.71. The second-order valence-electron chi connectivity index (χ2n) is 9.77. The van der Waals surface area contributed by atoms with Gasteiger partial charge in [-0.2, -0.15) is 0 Å². The maximum absolute atomic E-state index is 14.0. The lowest BCUT2D eigenvalue weighted by Gasteiger charge is -2.33. The summed E-state index contributed by atoms with van der Waals surface area (Å²) in [5.74, 6) is -1.11. The third kappa shape index (κ3) is 5.98. The van der Waals surface area contributed by atoms with E-state index in [1.54, 1.807) is 36.4 Å². The van der Waals surface area contributed by atoms with Crippen LogP contribution in [0.5, 0.6) is 0 Å². The molecule has 1 aromatic heterocycles. The lowest BCUT2D eigenvalue weighted by molar-refractivity contribution is -0.123. The standard InChI is InChI=1S/C30H33N3O6/c1-37-30(36)22-10-14-25(15-11-22)33(29(35)26-7-4-18-39-26)27(28(34)31-23-5-2-3-6-23)21-8-12-24(13-9-21)32-16-19-38-20-17-32/h4,7-15,18,23,27H,2-3,5-6,16-17,19-20H2,1H3,(H,31,34)/t27-/m1/s1. The smallest absolute Gasteiger partial charge is 0.337 e. The van der Waals surface area contributed by atoms with Crippen molar-refractivity contribution in [1.82, 2.24) is 5.32 Å². The predicted molar refractivity (Wildman–Crippen MR) is 146 cm³/mol. The van der Waals surface area contributed by atoms with E-state index in [1.165, 1.54) is 18.3 Å². The molecule has 1 N–H and O–H groups in total.